The summed E-state index contributed by atoms with van der Waals surface area (Å²) in [4.78, 5) is 16.5. The first-order valence-corrected chi connectivity index (χ1v) is 8.19. The van der Waals surface area contributed by atoms with Crippen molar-refractivity contribution >= 4 is 11.7 Å². The van der Waals surface area contributed by atoms with Crippen LogP contribution in [0.1, 0.15) is 11.1 Å². The molecule has 0 unspecified atom stereocenters. The van der Waals surface area contributed by atoms with Crippen LogP contribution >= 0.6 is 0 Å². The number of aryl methyl sites for hydroxylation is 1. The summed E-state index contributed by atoms with van der Waals surface area (Å²) in [6.07, 6.45) is 0. The van der Waals surface area contributed by atoms with Gasteiger partial charge in [0.2, 0.25) is 0 Å². The highest BCUT2D eigenvalue weighted by molar-refractivity contribution is 5.89. The second-order valence-corrected chi connectivity index (χ2v) is 6.19. The zero-order valence-electron chi connectivity index (χ0n) is 13.8. The van der Waals surface area contributed by atoms with Crippen molar-refractivity contribution in [2.24, 2.45) is 0 Å². The molecule has 0 aliphatic carbocycles. The Morgan fingerprint density at radius 2 is 1.79 bits per heavy atom. The summed E-state index contributed by atoms with van der Waals surface area (Å²) in [5, 5.41) is 2.95. The fraction of sp³-hybridized carbons (Fsp3) is 0.316. The van der Waals surface area contributed by atoms with Crippen molar-refractivity contribution in [3.8, 4) is 0 Å². The van der Waals surface area contributed by atoms with Gasteiger partial charge < -0.3 is 10.2 Å². The molecule has 3 rings (SSSR count). The van der Waals surface area contributed by atoms with Crippen LogP contribution in [0.2, 0.25) is 0 Å². The van der Waals surface area contributed by atoms with E-state index in [0.29, 0.717) is 13.1 Å². The van der Waals surface area contributed by atoms with Gasteiger partial charge in [-0.15, -0.1) is 0 Å². The lowest BCUT2D eigenvalue weighted by Crippen LogP contribution is -2.49. The number of hydrogen-bond donors (Lipinski definition) is 1. The third kappa shape index (κ3) is 4.32. The van der Waals surface area contributed by atoms with Crippen LogP contribution in [0.5, 0.6) is 0 Å². The van der Waals surface area contributed by atoms with Gasteiger partial charge >= 0.3 is 6.03 Å². The minimum Gasteiger partial charge on any atom is -0.322 e. The first-order valence-electron chi connectivity index (χ1n) is 8.19. The van der Waals surface area contributed by atoms with Gasteiger partial charge in [0, 0.05) is 38.4 Å². The highest BCUT2D eigenvalue weighted by Gasteiger charge is 2.21. The molecule has 2 aromatic rings. The quantitative estimate of drug-likeness (QED) is 0.937. The minimum absolute atomic E-state index is 0.0537. The number of nitrogens with one attached hydrogen (secondary N) is 1. The van der Waals surface area contributed by atoms with Gasteiger partial charge in [-0.1, -0.05) is 24.3 Å². The summed E-state index contributed by atoms with van der Waals surface area (Å²) in [6.45, 7) is 5.81. The van der Waals surface area contributed by atoms with Crippen molar-refractivity contribution in [2.75, 3.05) is 31.5 Å². The van der Waals surface area contributed by atoms with Gasteiger partial charge in [-0.05, 0) is 42.3 Å². The predicted molar refractivity (Wildman–Crippen MR) is 93.4 cm³/mol. The van der Waals surface area contributed by atoms with Crippen molar-refractivity contribution in [2.45, 2.75) is 13.5 Å². The Bertz CT molecular complexity index is 694. The fourth-order valence-corrected chi connectivity index (χ4v) is 2.88. The van der Waals surface area contributed by atoms with Crippen LogP contribution in [0.25, 0.3) is 0 Å². The molecule has 1 saturated heterocycles. The largest absolute Gasteiger partial charge is 0.322 e. The molecule has 0 saturated carbocycles. The number of benzene rings is 2. The number of anilines is 1. The maximum Gasteiger partial charge on any atom is 0.321 e. The number of piperazine rings is 1. The highest BCUT2D eigenvalue weighted by Crippen LogP contribution is 2.13. The number of amides is 2. The molecule has 1 aliphatic heterocycles. The van der Waals surface area contributed by atoms with Gasteiger partial charge in [-0.25, -0.2) is 9.18 Å². The summed E-state index contributed by atoms with van der Waals surface area (Å²) < 4.78 is 12.9. The number of carbonyl (C=O) groups excluding carboxylic acids is 1. The molecular formula is C19H22FN3O. The van der Waals surface area contributed by atoms with Crippen LogP contribution in [-0.2, 0) is 6.54 Å². The van der Waals surface area contributed by atoms with E-state index in [1.54, 1.807) is 0 Å². The van der Waals surface area contributed by atoms with E-state index in [0.717, 1.165) is 36.4 Å². The van der Waals surface area contributed by atoms with Crippen molar-refractivity contribution in [3.63, 3.8) is 0 Å². The SMILES string of the molecule is Cc1cccc(NC(=O)N2CCN(Cc3ccc(F)cc3)CC2)c1. The van der Waals surface area contributed by atoms with Gasteiger partial charge in [0.15, 0.2) is 0 Å². The van der Waals surface area contributed by atoms with Crippen molar-refractivity contribution in [1.29, 1.82) is 0 Å². The highest BCUT2D eigenvalue weighted by atomic mass is 19.1. The second-order valence-electron chi connectivity index (χ2n) is 6.19. The standard InChI is InChI=1S/C19H22FN3O/c1-15-3-2-4-18(13-15)21-19(24)23-11-9-22(10-12-23)14-16-5-7-17(20)8-6-16/h2-8,13H,9-12,14H2,1H3,(H,21,24). The molecule has 1 aliphatic rings. The van der Waals surface area contributed by atoms with Gasteiger partial charge in [-0.3, -0.25) is 4.90 Å². The van der Waals surface area contributed by atoms with Gasteiger partial charge in [0.05, 0.1) is 0 Å². The maximum atomic E-state index is 12.9. The topological polar surface area (TPSA) is 35.6 Å². The monoisotopic (exact) mass is 327 g/mol. The van der Waals surface area contributed by atoms with Gasteiger partial charge in [0.25, 0.3) is 0 Å². The van der Waals surface area contributed by atoms with Crippen LogP contribution in [0.15, 0.2) is 48.5 Å². The maximum absolute atomic E-state index is 12.9. The first-order chi connectivity index (χ1) is 11.6. The number of carbonyl (C=O) groups is 1. The molecule has 0 bridgehead atoms. The normalized spacial score (nSPS) is 15.3. The fourth-order valence-electron chi connectivity index (χ4n) is 2.88. The summed E-state index contributed by atoms with van der Waals surface area (Å²) in [7, 11) is 0. The molecule has 1 N–H and O–H groups in total. The van der Waals surface area contributed by atoms with E-state index >= 15 is 0 Å². The van der Waals surface area contributed by atoms with Crippen molar-refractivity contribution in [1.82, 2.24) is 9.80 Å². The average Bonchev–Trinajstić information content (AvgIpc) is 2.57. The lowest BCUT2D eigenvalue weighted by atomic mass is 10.2. The predicted octanol–water partition coefficient (Wildman–Crippen LogP) is 3.48. The van der Waals surface area contributed by atoms with Crippen molar-refractivity contribution in [3.05, 3.63) is 65.5 Å². The Labute approximate surface area is 141 Å². The Morgan fingerprint density at radius 3 is 2.46 bits per heavy atom. The van der Waals surface area contributed by atoms with Crippen LogP contribution < -0.4 is 5.32 Å². The third-order valence-corrected chi connectivity index (χ3v) is 4.25. The van der Waals surface area contributed by atoms with E-state index in [-0.39, 0.29) is 11.8 Å². The lowest BCUT2D eigenvalue weighted by Gasteiger charge is -2.34. The molecule has 126 valence electrons. The first kappa shape index (κ1) is 16.5. The van der Waals surface area contributed by atoms with E-state index in [2.05, 4.69) is 10.2 Å². The minimum atomic E-state index is -0.212. The number of rotatable bonds is 3. The Hall–Kier alpha value is -2.40. The molecule has 5 heteroatoms. The van der Waals surface area contributed by atoms with Gasteiger partial charge in [0.1, 0.15) is 5.82 Å². The second kappa shape index (κ2) is 7.45. The Morgan fingerprint density at radius 1 is 1.08 bits per heavy atom. The number of urea groups is 1. The smallest absolute Gasteiger partial charge is 0.321 e. The molecule has 0 radical (unpaired) electrons. The third-order valence-electron chi connectivity index (χ3n) is 4.25. The number of nitrogens with zero attached hydrogens (tertiary/aromatic N) is 2. The van der Waals surface area contributed by atoms with Crippen LogP contribution in [0.3, 0.4) is 0 Å². The van der Waals surface area contributed by atoms with E-state index in [1.165, 1.54) is 12.1 Å². The van der Waals surface area contributed by atoms with Crippen LogP contribution in [0, 0.1) is 12.7 Å². The molecule has 0 atom stereocenters. The zero-order chi connectivity index (χ0) is 16.9. The van der Waals surface area contributed by atoms with E-state index in [4.69, 9.17) is 0 Å². The molecular weight excluding hydrogens is 305 g/mol. The van der Waals surface area contributed by atoms with E-state index < -0.39 is 0 Å². The molecule has 2 amide bonds. The zero-order valence-corrected chi connectivity index (χ0v) is 13.8. The van der Waals surface area contributed by atoms with Gasteiger partial charge in [-0.2, -0.15) is 0 Å². The molecule has 2 aromatic carbocycles. The molecule has 0 aromatic heterocycles. The molecule has 1 fully saturated rings. The summed E-state index contributed by atoms with van der Waals surface area (Å²) in [5.74, 6) is -0.212. The molecule has 1 heterocycles. The summed E-state index contributed by atoms with van der Waals surface area (Å²) in [6, 6.07) is 14.3. The molecule has 24 heavy (non-hydrogen) atoms. The summed E-state index contributed by atoms with van der Waals surface area (Å²) >= 11 is 0. The average molecular weight is 327 g/mol. The van der Waals surface area contributed by atoms with E-state index in [9.17, 15) is 9.18 Å². The molecule has 4 nitrogen and oxygen atoms in total. The van der Waals surface area contributed by atoms with Crippen molar-refractivity contribution < 1.29 is 9.18 Å². The van der Waals surface area contributed by atoms with Crippen LogP contribution in [-0.4, -0.2) is 42.0 Å². The Kier molecular flexibility index (Phi) is 5.11. The molecule has 0 spiro atoms. The number of halogens is 1. The van der Waals surface area contributed by atoms with Crippen LogP contribution in [0.4, 0.5) is 14.9 Å². The Balaban J connectivity index is 1.49. The lowest BCUT2D eigenvalue weighted by molar-refractivity contribution is 0.143. The summed E-state index contributed by atoms with van der Waals surface area (Å²) in [5.41, 5.74) is 3.04. The number of hydrogen-bond acceptors (Lipinski definition) is 2. The van der Waals surface area contributed by atoms with E-state index in [1.807, 2.05) is 48.2 Å².